The van der Waals surface area contributed by atoms with Crippen LogP contribution in [0.25, 0.3) is 6.08 Å². The fraction of sp³-hybridized carbons (Fsp3) is 0.200. The molecule has 0 unspecified atom stereocenters. The Morgan fingerprint density at radius 2 is 1.89 bits per heavy atom. The van der Waals surface area contributed by atoms with Gasteiger partial charge in [0.2, 0.25) is 6.79 Å². The Labute approximate surface area is 161 Å². The molecule has 2 aliphatic rings. The van der Waals surface area contributed by atoms with Crippen LogP contribution in [0, 0.1) is 13.8 Å². The van der Waals surface area contributed by atoms with Crippen molar-refractivity contribution >= 4 is 34.7 Å². The summed E-state index contributed by atoms with van der Waals surface area (Å²) in [4.78, 5) is 26.5. The number of anilines is 1. The average Bonchev–Trinajstić information content (AvgIpc) is 3.21. The molecule has 0 spiro atoms. The van der Waals surface area contributed by atoms with Gasteiger partial charge >= 0.3 is 0 Å². The number of fused-ring (bicyclic) bond motifs is 1. The predicted molar refractivity (Wildman–Crippen MR) is 105 cm³/mol. The first-order valence-electron chi connectivity index (χ1n) is 8.47. The van der Waals surface area contributed by atoms with Crippen molar-refractivity contribution < 1.29 is 19.1 Å². The quantitative estimate of drug-likeness (QED) is 0.802. The Bertz CT molecular complexity index is 970. The number of hydrogen-bond acceptors (Lipinski definition) is 6. The fourth-order valence-electron chi connectivity index (χ4n) is 2.81. The van der Waals surface area contributed by atoms with E-state index >= 15 is 0 Å². The molecule has 0 aliphatic carbocycles. The number of ether oxygens (including phenoxy) is 2. The number of amides is 2. The summed E-state index contributed by atoms with van der Waals surface area (Å²) in [6.45, 7) is 4.39. The second-order valence-corrected chi connectivity index (χ2v) is 7.35. The monoisotopic (exact) mass is 382 g/mol. The summed E-state index contributed by atoms with van der Waals surface area (Å²) < 4.78 is 10.6. The van der Waals surface area contributed by atoms with E-state index in [1.807, 2.05) is 38.1 Å². The summed E-state index contributed by atoms with van der Waals surface area (Å²) in [5, 5.41) is 2.85. The molecule has 0 bridgehead atoms. The van der Waals surface area contributed by atoms with Crippen molar-refractivity contribution in [1.29, 1.82) is 0 Å². The number of nitrogens with one attached hydrogen (secondary N) is 1. The molecule has 0 radical (unpaired) electrons. The highest BCUT2D eigenvalue weighted by Crippen LogP contribution is 2.36. The van der Waals surface area contributed by atoms with Crippen molar-refractivity contribution in [2.45, 2.75) is 13.8 Å². The highest BCUT2D eigenvalue weighted by atomic mass is 32.2. The smallest absolute Gasteiger partial charge is 0.295 e. The van der Waals surface area contributed by atoms with E-state index in [9.17, 15) is 9.59 Å². The first-order valence-corrected chi connectivity index (χ1v) is 9.29. The molecule has 0 saturated carbocycles. The van der Waals surface area contributed by atoms with Crippen LogP contribution < -0.4 is 14.8 Å². The molecule has 27 heavy (non-hydrogen) atoms. The van der Waals surface area contributed by atoms with Crippen molar-refractivity contribution in [3.8, 4) is 11.5 Å². The minimum atomic E-state index is -0.306. The zero-order chi connectivity index (χ0) is 19.0. The number of carbonyl (C=O) groups is 2. The molecular formula is C20H18N2O4S. The van der Waals surface area contributed by atoms with Crippen LogP contribution in [0.3, 0.4) is 0 Å². The van der Waals surface area contributed by atoms with Gasteiger partial charge in [-0.25, -0.2) is 0 Å². The minimum absolute atomic E-state index is 0.131. The Morgan fingerprint density at radius 1 is 1.07 bits per heavy atom. The topological polar surface area (TPSA) is 67.9 Å². The largest absolute Gasteiger partial charge is 0.454 e. The summed E-state index contributed by atoms with van der Waals surface area (Å²) in [5.41, 5.74) is 4.00. The summed E-state index contributed by atoms with van der Waals surface area (Å²) in [6.07, 6.45) is 1.70. The number of hydrogen-bond donors (Lipinski definition) is 1. The van der Waals surface area contributed by atoms with Gasteiger partial charge in [-0.05, 0) is 72.6 Å². The fourth-order valence-corrected chi connectivity index (χ4v) is 3.65. The lowest BCUT2D eigenvalue weighted by atomic mass is 10.1. The van der Waals surface area contributed by atoms with Gasteiger partial charge in [0.15, 0.2) is 11.5 Å². The van der Waals surface area contributed by atoms with E-state index in [4.69, 9.17) is 9.47 Å². The highest BCUT2D eigenvalue weighted by molar-refractivity contribution is 8.18. The molecule has 0 aromatic heterocycles. The molecule has 0 atom stereocenters. The van der Waals surface area contributed by atoms with Gasteiger partial charge in [-0.1, -0.05) is 12.1 Å². The van der Waals surface area contributed by atoms with Gasteiger partial charge in [0.1, 0.15) is 0 Å². The highest BCUT2D eigenvalue weighted by Gasteiger charge is 2.34. The molecule has 1 N–H and O–H groups in total. The molecule has 2 heterocycles. The van der Waals surface area contributed by atoms with E-state index in [-0.39, 0.29) is 24.6 Å². The summed E-state index contributed by atoms with van der Waals surface area (Å²) in [6, 6.07) is 11.4. The maximum atomic E-state index is 12.6. The SMILES string of the molecule is Cc1ccc(NCN2C(=O)S/C(=C\c3ccc4c(c3)OCO4)C2=O)cc1C. The van der Waals surface area contributed by atoms with Crippen LogP contribution in [0.4, 0.5) is 10.5 Å². The molecule has 1 fully saturated rings. The van der Waals surface area contributed by atoms with Crippen LogP contribution in [0.15, 0.2) is 41.3 Å². The summed E-state index contributed by atoms with van der Waals surface area (Å²) >= 11 is 0.937. The van der Waals surface area contributed by atoms with E-state index in [0.717, 1.165) is 28.6 Å². The van der Waals surface area contributed by atoms with E-state index in [1.54, 1.807) is 18.2 Å². The molecule has 4 rings (SSSR count). The second kappa shape index (κ2) is 7.00. The third-order valence-electron chi connectivity index (χ3n) is 4.52. The zero-order valence-corrected chi connectivity index (χ0v) is 15.8. The Hall–Kier alpha value is -2.93. The molecule has 138 valence electrons. The van der Waals surface area contributed by atoms with Crippen molar-refractivity contribution in [1.82, 2.24) is 4.90 Å². The second-order valence-electron chi connectivity index (χ2n) is 6.36. The molecule has 2 aromatic carbocycles. The number of nitrogens with zero attached hydrogens (tertiary/aromatic N) is 1. The van der Waals surface area contributed by atoms with Crippen LogP contribution in [0.2, 0.25) is 0 Å². The molecule has 1 saturated heterocycles. The van der Waals surface area contributed by atoms with Crippen LogP contribution in [-0.2, 0) is 4.79 Å². The number of aryl methyl sites for hydroxylation is 2. The lowest BCUT2D eigenvalue weighted by Gasteiger charge is -2.15. The number of carbonyl (C=O) groups excluding carboxylic acids is 2. The lowest BCUT2D eigenvalue weighted by Crippen LogP contribution is -2.33. The van der Waals surface area contributed by atoms with Crippen LogP contribution in [0.1, 0.15) is 16.7 Å². The van der Waals surface area contributed by atoms with Crippen molar-refractivity contribution in [3.05, 3.63) is 58.0 Å². The number of benzene rings is 2. The van der Waals surface area contributed by atoms with Crippen LogP contribution >= 0.6 is 11.8 Å². The summed E-state index contributed by atoms with van der Waals surface area (Å²) in [5.74, 6) is 1.01. The molecular weight excluding hydrogens is 364 g/mol. The lowest BCUT2D eigenvalue weighted by molar-refractivity contribution is -0.122. The van der Waals surface area contributed by atoms with Crippen LogP contribution in [0.5, 0.6) is 11.5 Å². The van der Waals surface area contributed by atoms with E-state index in [2.05, 4.69) is 5.32 Å². The predicted octanol–water partition coefficient (Wildman–Crippen LogP) is 4.14. The number of imide groups is 1. The maximum Gasteiger partial charge on any atom is 0.295 e. The third-order valence-corrected chi connectivity index (χ3v) is 5.42. The minimum Gasteiger partial charge on any atom is -0.454 e. The maximum absolute atomic E-state index is 12.6. The van der Waals surface area contributed by atoms with Gasteiger partial charge in [0, 0.05) is 5.69 Å². The zero-order valence-electron chi connectivity index (χ0n) is 14.9. The Balaban J connectivity index is 1.47. The Kier molecular flexibility index (Phi) is 4.53. The van der Waals surface area contributed by atoms with Gasteiger partial charge in [-0.2, -0.15) is 0 Å². The van der Waals surface area contributed by atoms with Gasteiger partial charge in [0.25, 0.3) is 11.1 Å². The molecule has 6 nitrogen and oxygen atoms in total. The van der Waals surface area contributed by atoms with E-state index in [0.29, 0.717) is 16.4 Å². The molecule has 2 aromatic rings. The van der Waals surface area contributed by atoms with Crippen molar-refractivity contribution in [3.63, 3.8) is 0 Å². The average molecular weight is 382 g/mol. The molecule has 2 aliphatic heterocycles. The normalized spacial score (nSPS) is 17.1. The van der Waals surface area contributed by atoms with Gasteiger partial charge < -0.3 is 14.8 Å². The van der Waals surface area contributed by atoms with Gasteiger partial charge in [-0.15, -0.1) is 0 Å². The van der Waals surface area contributed by atoms with Gasteiger partial charge in [0.05, 0.1) is 11.6 Å². The third kappa shape index (κ3) is 3.50. The first kappa shape index (κ1) is 17.5. The molecule has 7 heteroatoms. The van der Waals surface area contributed by atoms with Crippen molar-refractivity contribution in [2.75, 3.05) is 18.8 Å². The standard InChI is InChI=1S/C20H18N2O4S/c1-12-3-5-15(7-13(12)2)21-10-22-19(23)18(27-20(22)24)9-14-4-6-16-17(8-14)26-11-25-16/h3-9,21H,10-11H2,1-2H3/b18-9-. The van der Waals surface area contributed by atoms with Gasteiger partial charge in [-0.3, -0.25) is 14.5 Å². The summed E-state index contributed by atoms with van der Waals surface area (Å²) in [7, 11) is 0. The Morgan fingerprint density at radius 3 is 2.70 bits per heavy atom. The van der Waals surface area contributed by atoms with Crippen molar-refractivity contribution in [2.24, 2.45) is 0 Å². The van der Waals surface area contributed by atoms with Crippen LogP contribution in [-0.4, -0.2) is 29.5 Å². The van der Waals surface area contributed by atoms with E-state index in [1.165, 1.54) is 10.5 Å². The number of thioether (sulfide) groups is 1. The van der Waals surface area contributed by atoms with E-state index < -0.39 is 0 Å². The first-order chi connectivity index (χ1) is 13.0. The molecule has 2 amide bonds. The number of rotatable bonds is 4.